The zero-order valence-electron chi connectivity index (χ0n) is 20.8. The second kappa shape index (κ2) is 9.79. The quantitative estimate of drug-likeness (QED) is 0.338. The van der Waals surface area contributed by atoms with Gasteiger partial charge in [0.05, 0.1) is 34.7 Å². The Bertz CT molecular complexity index is 1180. The molecule has 1 aliphatic carbocycles. The molecule has 2 heterocycles. The minimum absolute atomic E-state index is 0.0838. The van der Waals surface area contributed by atoms with E-state index in [1.54, 1.807) is 12.1 Å². The Kier molecular flexibility index (Phi) is 6.55. The summed E-state index contributed by atoms with van der Waals surface area (Å²) in [5, 5.41) is 12.1. The van der Waals surface area contributed by atoms with Crippen LogP contribution in [0.2, 0.25) is 0 Å². The molecule has 2 saturated heterocycles. The highest BCUT2D eigenvalue weighted by molar-refractivity contribution is 6.22. The Labute approximate surface area is 210 Å². The number of fused-ring (bicyclic) bond motifs is 1. The average Bonchev–Trinajstić information content (AvgIpc) is 3.13. The standard InChI is InChI=1S/C27H32N4O5/c1-3-36-25-7-5-4-6-23(25)29-14-12-28(13-15-29)22-11-9-19(17-24(22)31(34)35)30-26(32)20-10-8-18(2)16-21(20)27(30)33/h4-7,9,11,17-18,20-21H,3,8,10,12-16H2,1-2H3/t18-,20+,21+/m0/s1. The fourth-order valence-corrected chi connectivity index (χ4v) is 5.89. The molecule has 0 radical (unpaired) electrons. The lowest BCUT2D eigenvalue weighted by Gasteiger charge is -2.37. The van der Waals surface area contributed by atoms with Crippen LogP contribution >= 0.6 is 0 Å². The SMILES string of the molecule is CCOc1ccccc1N1CCN(c2ccc(N3C(=O)[C@@H]4CC[C@H](C)C[C@H]4C3=O)cc2[N+](=O)[O-])CC1. The first kappa shape index (κ1) is 24.1. The van der Waals surface area contributed by atoms with Crippen LogP contribution in [0.3, 0.4) is 0 Å². The normalized spacial score (nSPS) is 24.2. The number of rotatable bonds is 6. The van der Waals surface area contributed by atoms with Crippen LogP contribution in [-0.2, 0) is 9.59 Å². The molecule has 3 fully saturated rings. The first-order valence-electron chi connectivity index (χ1n) is 12.8. The van der Waals surface area contributed by atoms with Gasteiger partial charge in [-0.15, -0.1) is 0 Å². The van der Waals surface area contributed by atoms with Crippen molar-refractivity contribution in [3.63, 3.8) is 0 Å². The maximum Gasteiger partial charge on any atom is 0.294 e. The van der Waals surface area contributed by atoms with E-state index in [0.717, 1.165) is 17.9 Å². The van der Waals surface area contributed by atoms with Gasteiger partial charge in [-0.05, 0) is 56.4 Å². The summed E-state index contributed by atoms with van der Waals surface area (Å²) in [5.41, 5.74) is 1.74. The van der Waals surface area contributed by atoms with E-state index in [4.69, 9.17) is 4.74 Å². The van der Waals surface area contributed by atoms with Crippen LogP contribution in [0.4, 0.5) is 22.7 Å². The van der Waals surface area contributed by atoms with Crippen molar-refractivity contribution in [2.75, 3.05) is 47.5 Å². The highest BCUT2D eigenvalue weighted by Gasteiger charge is 2.50. The Morgan fingerprint density at radius 1 is 0.944 bits per heavy atom. The van der Waals surface area contributed by atoms with Crippen molar-refractivity contribution in [2.24, 2.45) is 17.8 Å². The van der Waals surface area contributed by atoms with Gasteiger partial charge in [-0.3, -0.25) is 19.7 Å². The van der Waals surface area contributed by atoms with E-state index in [0.29, 0.717) is 62.9 Å². The third-order valence-electron chi connectivity index (χ3n) is 7.73. The summed E-state index contributed by atoms with van der Waals surface area (Å²) >= 11 is 0. The molecule has 0 bridgehead atoms. The molecule has 2 aromatic rings. The van der Waals surface area contributed by atoms with Crippen molar-refractivity contribution < 1.29 is 19.2 Å². The zero-order valence-corrected chi connectivity index (χ0v) is 20.8. The highest BCUT2D eigenvalue weighted by Crippen LogP contribution is 2.43. The van der Waals surface area contributed by atoms with Gasteiger partial charge in [0, 0.05) is 32.2 Å². The molecule has 190 valence electrons. The minimum Gasteiger partial charge on any atom is -0.492 e. The van der Waals surface area contributed by atoms with Gasteiger partial charge in [0.25, 0.3) is 5.69 Å². The summed E-state index contributed by atoms with van der Waals surface area (Å²) in [5.74, 6) is 0.172. The molecule has 0 unspecified atom stereocenters. The predicted molar refractivity (Wildman–Crippen MR) is 138 cm³/mol. The number of imide groups is 1. The van der Waals surface area contributed by atoms with Crippen molar-refractivity contribution in [1.29, 1.82) is 0 Å². The summed E-state index contributed by atoms with van der Waals surface area (Å²) < 4.78 is 5.77. The number of nitro groups is 1. The van der Waals surface area contributed by atoms with E-state index in [2.05, 4.69) is 11.8 Å². The molecular formula is C27H32N4O5. The van der Waals surface area contributed by atoms with Gasteiger partial charge in [0.15, 0.2) is 0 Å². The van der Waals surface area contributed by atoms with Gasteiger partial charge in [0.1, 0.15) is 11.4 Å². The molecule has 9 nitrogen and oxygen atoms in total. The zero-order chi connectivity index (χ0) is 25.4. The summed E-state index contributed by atoms with van der Waals surface area (Å²) in [6, 6.07) is 12.7. The van der Waals surface area contributed by atoms with Gasteiger partial charge < -0.3 is 14.5 Å². The molecule has 0 aromatic heterocycles. The Balaban J connectivity index is 1.36. The molecule has 36 heavy (non-hydrogen) atoms. The lowest BCUT2D eigenvalue weighted by Crippen LogP contribution is -2.46. The summed E-state index contributed by atoms with van der Waals surface area (Å²) in [7, 11) is 0. The molecule has 0 N–H and O–H groups in total. The van der Waals surface area contributed by atoms with Crippen molar-refractivity contribution in [1.82, 2.24) is 0 Å². The number of para-hydroxylation sites is 2. The van der Waals surface area contributed by atoms with E-state index >= 15 is 0 Å². The molecular weight excluding hydrogens is 460 g/mol. The summed E-state index contributed by atoms with van der Waals surface area (Å²) in [4.78, 5) is 43.2. The average molecular weight is 493 g/mol. The molecule has 2 aliphatic heterocycles. The highest BCUT2D eigenvalue weighted by atomic mass is 16.6. The van der Waals surface area contributed by atoms with Gasteiger partial charge in [-0.2, -0.15) is 0 Å². The van der Waals surface area contributed by atoms with Crippen LogP contribution in [0.15, 0.2) is 42.5 Å². The van der Waals surface area contributed by atoms with Crippen LogP contribution in [0.5, 0.6) is 5.75 Å². The molecule has 2 aromatic carbocycles. The predicted octanol–water partition coefficient (Wildman–Crippen LogP) is 4.25. The number of anilines is 3. The van der Waals surface area contributed by atoms with Crippen LogP contribution in [0, 0.1) is 27.9 Å². The molecule has 3 atom stereocenters. The van der Waals surface area contributed by atoms with Crippen LogP contribution in [0.25, 0.3) is 0 Å². The Morgan fingerprint density at radius 2 is 1.61 bits per heavy atom. The monoisotopic (exact) mass is 492 g/mol. The van der Waals surface area contributed by atoms with Gasteiger partial charge >= 0.3 is 0 Å². The number of carbonyl (C=O) groups is 2. The number of hydrogen-bond donors (Lipinski definition) is 0. The number of ether oxygens (including phenoxy) is 1. The third kappa shape index (κ3) is 4.27. The fraction of sp³-hybridized carbons (Fsp3) is 0.481. The number of amides is 2. The minimum atomic E-state index is -0.421. The number of piperazine rings is 1. The van der Waals surface area contributed by atoms with Crippen molar-refractivity contribution in [3.05, 3.63) is 52.6 Å². The number of carbonyl (C=O) groups excluding carboxylic acids is 2. The Morgan fingerprint density at radius 3 is 2.31 bits per heavy atom. The summed E-state index contributed by atoms with van der Waals surface area (Å²) in [6.45, 7) is 7.22. The van der Waals surface area contributed by atoms with Crippen molar-refractivity contribution in [3.8, 4) is 5.75 Å². The van der Waals surface area contributed by atoms with E-state index in [9.17, 15) is 19.7 Å². The van der Waals surface area contributed by atoms with Gasteiger partial charge in [-0.25, -0.2) is 4.90 Å². The number of nitrogens with zero attached hydrogens (tertiary/aromatic N) is 4. The lowest BCUT2D eigenvalue weighted by molar-refractivity contribution is -0.384. The van der Waals surface area contributed by atoms with Gasteiger partial charge in [0.2, 0.25) is 11.8 Å². The number of nitro benzene ring substituents is 1. The third-order valence-corrected chi connectivity index (χ3v) is 7.73. The fourth-order valence-electron chi connectivity index (χ4n) is 5.89. The Hall–Kier alpha value is -3.62. The van der Waals surface area contributed by atoms with Crippen LogP contribution in [0.1, 0.15) is 33.1 Å². The molecule has 0 spiro atoms. The van der Waals surface area contributed by atoms with E-state index < -0.39 is 4.92 Å². The molecule has 1 saturated carbocycles. The number of benzene rings is 2. The number of hydrogen-bond acceptors (Lipinski definition) is 7. The molecule has 9 heteroatoms. The van der Waals surface area contributed by atoms with Gasteiger partial charge in [-0.1, -0.05) is 19.1 Å². The van der Waals surface area contributed by atoms with Crippen molar-refractivity contribution in [2.45, 2.75) is 33.1 Å². The maximum absolute atomic E-state index is 13.1. The van der Waals surface area contributed by atoms with E-state index in [1.165, 1.54) is 11.0 Å². The van der Waals surface area contributed by atoms with Crippen molar-refractivity contribution >= 4 is 34.6 Å². The molecule has 3 aliphatic rings. The second-order valence-electron chi connectivity index (χ2n) is 9.95. The molecule has 2 amide bonds. The topological polar surface area (TPSA) is 96.2 Å². The largest absolute Gasteiger partial charge is 0.492 e. The van der Waals surface area contributed by atoms with Crippen LogP contribution < -0.4 is 19.4 Å². The second-order valence-corrected chi connectivity index (χ2v) is 9.95. The maximum atomic E-state index is 13.1. The van der Waals surface area contributed by atoms with Crippen LogP contribution in [-0.4, -0.2) is 49.5 Å². The smallest absolute Gasteiger partial charge is 0.294 e. The molecule has 5 rings (SSSR count). The van der Waals surface area contributed by atoms with E-state index in [-0.39, 0.29) is 29.3 Å². The summed E-state index contributed by atoms with van der Waals surface area (Å²) in [6.07, 6.45) is 2.32. The lowest BCUT2D eigenvalue weighted by atomic mass is 9.76. The first-order valence-corrected chi connectivity index (χ1v) is 12.8. The first-order chi connectivity index (χ1) is 17.4. The van der Waals surface area contributed by atoms with E-state index in [1.807, 2.05) is 36.1 Å².